The number of urea groups is 1. The summed E-state index contributed by atoms with van der Waals surface area (Å²) in [5.41, 5.74) is 0. The Labute approximate surface area is 184 Å². The van der Waals surface area contributed by atoms with Crippen LogP contribution in [-0.2, 0) is 14.3 Å². The highest BCUT2D eigenvalue weighted by Gasteiger charge is 2.12. The van der Waals surface area contributed by atoms with Crippen LogP contribution in [0.25, 0.3) is 0 Å². The van der Waals surface area contributed by atoms with Gasteiger partial charge in [0.2, 0.25) is 0 Å². The average Bonchev–Trinajstić information content (AvgIpc) is 2.68. The number of methoxy groups -OCH3 is 1. The van der Waals surface area contributed by atoms with Crippen LogP contribution in [0.2, 0.25) is 0 Å². The number of esters is 1. The van der Waals surface area contributed by atoms with Crippen molar-refractivity contribution in [3.05, 3.63) is 0 Å². The normalized spacial score (nSPS) is 11.2. The zero-order chi connectivity index (χ0) is 22.6. The van der Waals surface area contributed by atoms with Gasteiger partial charge in [-0.3, -0.25) is 4.79 Å². The number of nitrogens with zero attached hydrogens (tertiary/aromatic N) is 3. The minimum Gasteiger partial charge on any atom is -0.463 e. The number of carbonyl (C=O) groups is 2. The highest BCUT2D eigenvalue weighted by atomic mass is 16.6. The van der Waals surface area contributed by atoms with Crippen LogP contribution in [0.1, 0.15) is 51.4 Å². The molecule has 0 aliphatic rings. The fourth-order valence-corrected chi connectivity index (χ4v) is 3.01. The van der Waals surface area contributed by atoms with Crippen molar-refractivity contribution in [2.24, 2.45) is 0 Å². The van der Waals surface area contributed by atoms with Gasteiger partial charge in [0.05, 0.1) is 6.61 Å². The summed E-state index contributed by atoms with van der Waals surface area (Å²) in [6, 6.07) is 0.0475. The molecule has 0 unspecified atom stereocenters. The van der Waals surface area contributed by atoms with Crippen molar-refractivity contribution >= 4 is 12.0 Å². The maximum Gasteiger partial charge on any atom is 0.317 e. The van der Waals surface area contributed by atoms with Crippen molar-refractivity contribution in [3.63, 3.8) is 0 Å². The van der Waals surface area contributed by atoms with E-state index in [9.17, 15) is 9.59 Å². The van der Waals surface area contributed by atoms with Crippen LogP contribution < -0.4 is 5.32 Å². The molecule has 1 N–H and O–H groups in total. The van der Waals surface area contributed by atoms with E-state index in [1.807, 2.05) is 4.90 Å². The lowest BCUT2D eigenvalue weighted by molar-refractivity contribution is -0.145. The topological polar surface area (TPSA) is 74.3 Å². The number of hydrogen-bond acceptors (Lipinski definition) is 6. The summed E-state index contributed by atoms with van der Waals surface area (Å²) in [5.74, 6) is -0.150. The second kappa shape index (κ2) is 19.6. The highest BCUT2D eigenvalue weighted by molar-refractivity contribution is 5.74. The molecule has 0 aliphatic heterocycles. The second-order valence-corrected chi connectivity index (χ2v) is 8.26. The number of nitrogens with one attached hydrogen (secondary N) is 1. The Morgan fingerprint density at radius 2 is 1.30 bits per heavy atom. The predicted octanol–water partition coefficient (Wildman–Crippen LogP) is 2.43. The Balaban J connectivity index is 3.88. The van der Waals surface area contributed by atoms with Crippen molar-refractivity contribution in [1.82, 2.24) is 20.0 Å². The molecule has 0 fully saturated rings. The molecule has 8 nitrogen and oxygen atoms in total. The average molecular weight is 431 g/mol. The Morgan fingerprint density at radius 1 is 0.733 bits per heavy atom. The predicted molar refractivity (Wildman–Crippen MR) is 122 cm³/mol. The van der Waals surface area contributed by atoms with E-state index in [0.29, 0.717) is 26.2 Å². The van der Waals surface area contributed by atoms with Gasteiger partial charge in [0, 0.05) is 33.2 Å². The molecule has 0 bridgehead atoms. The van der Waals surface area contributed by atoms with E-state index in [-0.39, 0.29) is 12.0 Å². The first-order chi connectivity index (χ1) is 14.4. The highest BCUT2D eigenvalue weighted by Crippen LogP contribution is 2.06. The summed E-state index contributed by atoms with van der Waals surface area (Å²) in [7, 11) is 9.81. The van der Waals surface area contributed by atoms with Crippen molar-refractivity contribution in [1.29, 1.82) is 0 Å². The van der Waals surface area contributed by atoms with E-state index in [1.165, 1.54) is 0 Å². The monoisotopic (exact) mass is 430 g/mol. The van der Waals surface area contributed by atoms with E-state index in [4.69, 9.17) is 9.47 Å². The van der Waals surface area contributed by atoms with Crippen molar-refractivity contribution < 1.29 is 19.1 Å². The van der Waals surface area contributed by atoms with E-state index in [2.05, 4.69) is 43.3 Å². The largest absolute Gasteiger partial charge is 0.463 e. The van der Waals surface area contributed by atoms with Gasteiger partial charge in [-0.05, 0) is 67.0 Å². The third-order valence-electron chi connectivity index (χ3n) is 4.74. The smallest absolute Gasteiger partial charge is 0.317 e. The van der Waals surface area contributed by atoms with E-state index in [1.54, 1.807) is 7.11 Å². The standard InChI is InChI=1S/C22H46N4O4/c1-24(2)15-11-17-26(18-12-16-25(3)4)22(28)23-14-10-8-6-7-9-13-21(27)30-20-19-29-5/h6-20H2,1-5H3,(H,23,28). The minimum atomic E-state index is -0.150. The summed E-state index contributed by atoms with van der Waals surface area (Å²) in [5, 5.41) is 3.07. The van der Waals surface area contributed by atoms with Crippen LogP contribution in [0.3, 0.4) is 0 Å². The molecule has 178 valence electrons. The Kier molecular flexibility index (Phi) is 18.7. The number of unbranched alkanes of at least 4 members (excludes halogenated alkanes) is 4. The summed E-state index contributed by atoms with van der Waals surface area (Å²) in [4.78, 5) is 30.3. The SMILES string of the molecule is COCCOC(=O)CCCCCCCNC(=O)N(CCCN(C)C)CCCN(C)C. The molecule has 0 aromatic rings. The van der Waals surface area contributed by atoms with E-state index >= 15 is 0 Å². The number of hydrogen-bond donors (Lipinski definition) is 1. The number of amides is 2. The number of rotatable bonds is 19. The van der Waals surface area contributed by atoms with Crippen LogP contribution >= 0.6 is 0 Å². The van der Waals surface area contributed by atoms with Crippen LogP contribution in [0.15, 0.2) is 0 Å². The maximum absolute atomic E-state index is 12.5. The maximum atomic E-state index is 12.5. The van der Waals surface area contributed by atoms with Crippen LogP contribution in [-0.4, -0.2) is 108 Å². The lowest BCUT2D eigenvalue weighted by atomic mass is 10.1. The van der Waals surface area contributed by atoms with E-state index < -0.39 is 0 Å². The first kappa shape index (κ1) is 28.6. The molecular weight excluding hydrogens is 384 g/mol. The molecule has 0 rings (SSSR count). The quantitative estimate of drug-likeness (QED) is 0.251. The van der Waals surface area contributed by atoms with Gasteiger partial charge in [-0.15, -0.1) is 0 Å². The van der Waals surface area contributed by atoms with Crippen molar-refractivity contribution in [3.8, 4) is 0 Å². The molecule has 0 aliphatic carbocycles. The molecule has 0 atom stereocenters. The molecule has 0 aromatic carbocycles. The van der Waals surface area contributed by atoms with Gasteiger partial charge in [-0.1, -0.05) is 19.3 Å². The van der Waals surface area contributed by atoms with Crippen molar-refractivity contribution in [2.75, 3.05) is 81.2 Å². The molecule has 0 saturated carbocycles. The fourth-order valence-electron chi connectivity index (χ4n) is 3.01. The first-order valence-corrected chi connectivity index (χ1v) is 11.3. The molecule has 0 spiro atoms. The number of ether oxygens (including phenoxy) is 2. The van der Waals surface area contributed by atoms with Gasteiger partial charge in [0.1, 0.15) is 6.61 Å². The fraction of sp³-hybridized carbons (Fsp3) is 0.909. The van der Waals surface area contributed by atoms with Crippen LogP contribution in [0.4, 0.5) is 4.79 Å². The Morgan fingerprint density at radius 3 is 1.87 bits per heavy atom. The lowest BCUT2D eigenvalue weighted by Crippen LogP contribution is -2.42. The summed E-state index contributed by atoms with van der Waals surface area (Å²) in [6.45, 7) is 5.02. The number of carbonyl (C=O) groups excluding carboxylic acids is 2. The molecule has 2 amide bonds. The van der Waals surface area contributed by atoms with Crippen LogP contribution in [0.5, 0.6) is 0 Å². The zero-order valence-electron chi connectivity index (χ0n) is 20.1. The molecule has 0 aromatic heterocycles. The third kappa shape index (κ3) is 18.6. The van der Waals surface area contributed by atoms with Gasteiger partial charge in [-0.25, -0.2) is 4.79 Å². The van der Waals surface area contributed by atoms with Gasteiger partial charge in [0.15, 0.2) is 0 Å². The molecule has 0 radical (unpaired) electrons. The summed E-state index contributed by atoms with van der Waals surface area (Å²) in [6.07, 6.45) is 7.38. The molecular formula is C22H46N4O4. The zero-order valence-corrected chi connectivity index (χ0v) is 20.1. The van der Waals surface area contributed by atoms with Gasteiger partial charge in [0.25, 0.3) is 0 Å². The second-order valence-electron chi connectivity index (χ2n) is 8.26. The molecule has 0 heterocycles. The molecule has 30 heavy (non-hydrogen) atoms. The molecule has 8 heteroatoms. The Bertz CT molecular complexity index is 419. The van der Waals surface area contributed by atoms with Gasteiger partial charge in [-0.2, -0.15) is 0 Å². The summed E-state index contributed by atoms with van der Waals surface area (Å²) >= 11 is 0. The van der Waals surface area contributed by atoms with Gasteiger partial charge >= 0.3 is 12.0 Å². The minimum absolute atomic E-state index is 0.0475. The molecule has 0 saturated heterocycles. The Hall–Kier alpha value is -1.38. The first-order valence-electron chi connectivity index (χ1n) is 11.3. The van der Waals surface area contributed by atoms with Crippen molar-refractivity contribution in [2.45, 2.75) is 51.4 Å². The van der Waals surface area contributed by atoms with E-state index in [0.717, 1.165) is 71.1 Å². The van der Waals surface area contributed by atoms with Crippen LogP contribution in [0, 0.1) is 0 Å². The van der Waals surface area contributed by atoms with Gasteiger partial charge < -0.3 is 29.5 Å². The summed E-state index contributed by atoms with van der Waals surface area (Å²) < 4.78 is 9.88. The third-order valence-corrected chi connectivity index (χ3v) is 4.74. The lowest BCUT2D eigenvalue weighted by Gasteiger charge is -2.24.